The number of hydrogen-bond acceptors (Lipinski definition) is 2. The number of thioether (sulfide) groups is 1. The average molecular weight is 201 g/mol. The summed E-state index contributed by atoms with van der Waals surface area (Å²) in [6.07, 6.45) is 1.97. The molecule has 0 spiro atoms. The SMILES string of the molecule is CSc1ccc(C(C)=O)c(Cl)c1. The van der Waals surface area contributed by atoms with Gasteiger partial charge >= 0.3 is 0 Å². The van der Waals surface area contributed by atoms with Crippen LogP contribution in [0, 0.1) is 0 Å². The maximum Gasteiger partial charge on any atom is 0.161 e. The number of benzene rings is 1. The number of Topliss-reactive ketones (excluding diaryl/α,β-unsaturated/α-hetero) is 1. The lowest BCUT2D eigenvalue weighted by Crippen LogP contribution is -1.92. The van der Waals surface area contributed by atoms with Crippen molar-refractivity contribution in [2.24, 2.45) is 0 Å². The van der Waals surface area contributed by atoms with Gasteiger partial charge in [-0.3, -0.25) is 4.79 Å². The smallest absolute Gasteiger partial charge is 0.161 e. The van der Waals surface area contributed by atoms with E-state index in [1.54, 1.807) is 17.8 Å². The second-order valence-electron chi connectivity index (χ2n) is 2.40. The quantitative estimate of drug-likeness (QED) is 0.539. The fraction of sp³-hybridized carbons (Fsp3) is 0.222. The number of ketones is 1. The van der Waals surface area contributed by atoms with Crippen LogP contribution in [-0.4, -0.2) is 12.0 Å². The molecule has 0 heterocycles. The van der Waals surface area contributed by atoms with Gasteiger partial charge in [0.2, 0.25) is 0 Å². The zero-order valence-electron chi connectivity index (χ0n) is 6.93. The standard InChI is InChI=1S/C9H9ClOS/c1-6(11)8-4-3-7(12-2)5-9(8)10/h3-5H,1-2H3. The molecule has 0 saturated carbocycles. The normalized spacial score (nSPS) is 9.92. The molecule has 1 aromatic carbocycles. The monoisotopic (exact) mass is 200 g/mol. The van der Waals surface area contributed by atoms with Gasteiger partial charge in [0.15, 0.2) is 5.78 Å². The van der Waals surface area contributed by atoms with Crippen molar-refractivity contribution in [2.75, 3.05) is 6.26 Å². The van der Waals surface area contributed by atoms with Gasteiger partial charge in [0, 0.05) is 10.5 Å². The van der Waals surface area contributed by atoms with Crippen molar-refractivity contribution in [3.8, 4) is 0 Å². The minimum atomic E-state index is 0.00709. The molecule has 0 unspecified atom stereocenters. The molecule has 0 bridgehead atoms. The molecule has 0 radical (unpaired) electrons. The Morgan fingerprint density at radius 2 is 2.17 bits per heavy atom. The first-order chi connectivity index (χ1) is 5.65. The second kappa shape index (κ2) is 3.97. The molecule has 0 amide bonds. The minimum Gasteiger partial charge on any atom is -0.294 e. The molecular formula is C9H9ClOS. The molecule has 1 rings (SSSR count). The Hall–Kier alpha value is -0.470. The van der Waals surface area contributed by atoms with Gasteiger partial charge in [-0.05, 0) is 31.4 Å². The van der Waals surface area contributed by atoms with Crippen LogP contribution in [0.25, 0.3) is 0 Å². The third kappa shape index (κ3) is 2.02. The van der Waals surface area contributed by atoms with E-state index in [4.69, 9.17) is 11.6 Å². The van der Waals surface area contributed by atoms with E-state index in [2.05, 4.69) is 0 Å². The van der Waals surface area contributed by atoms with Crippen molar-refractivity contribution < 1.29 is 4.79 Å². The highest BCUT2D eigenvalue weighted by Gasteiger charge is 2.04. The zero-order valence-corrected chi connectivity index (χ0v) is 8.50. The maximum atomic E-state index is 11.0. The topological polar surface area (TPSA) is 17.1 Å². The molecule has 0 aliphatic heterocycles. The highest BCUT2D eigenvalue weighted by Crippen LogP contribution is 2.23. The highest BCUT2D eigenvalue weighted by molar-refractivity contribution is 7.98. The molecule has 0 aliphatic carbocycles. The first-order valence-corrected chi connectivity index (χ1v) is 5.10. The lowest BCUT2D eigenvalue weighted by Gasteiger charge is -2.01. The van der Waals surface area contributed by atoms with Crippen LogP contribution in [0.5, 0.6) is 0 Å². The van der Waals surface area contributed by atoms with Crippen LogP contribution >= 0.6 is 23.4 Å². The van der Waals surface area contributed by atoms with Crippen LogP contribution in [-0.2, 0) is 0 Å². The summed E-state index contributed by atoms with van der Waals surface area (Å²) in [7, 11) is 0. The Morgan fingerprint density at radius 3 is 2.58 bits per heavy atom. The summed E-state index contributed by atoms with van der Waals surface area (Å²) >= 11 is 7.48. The van der Waals surface area contributed by atoms with Crippen LogP contribution < -0.4 is 0 Å². The number of halogens is 1. The Bertz CT molecular complexity index is 309. The fourth-order valence-electron chi connectivity index (χ4n) is 0.908. The number of rotatable bonds is 2. The Labute approximate surface area is 81.1 Å². The number of hydrogen-bond donors (Lipinski definition) is 0. The predicted molar refractivity (Wildman–Crippen MR) is 53.2 cm³/mol. The minimum absolute atomic E-state index is 0.00709. The van der Waals surface area contributed by atoms with Crippen LogP contribution in [0.3, 0.4) is 0 Å². The van der Waals surface area contributed by atoms with Gasteiger partial charge in [0.1, 0.15) is 0 Å². The van der Waals surface area contributed by atoms with E-state index < -0.39 is 0 Å². The largest absolute Gasteiger partial charge is 0.294 e. The van der Waals surface area contributed by atoms with Gasteiger partial charge in [-0.25, -0.2) is 0 Å². The summed E-state index contributed by atoms with van der Waals surface area (Å²) in [4.78, 5) is 12.0. The van der Waals surface area contributed by atoms with Crippen molar-refractivity contribution in [2.45, 2.75) is 11.8 Å². The molecule has 0 atom stereocenters. The van der Waals surface area contributed by atoms with E-state index in [1.807, 2.05) is 18.4 Å². The predicted octanol–water partition coefficient (Wildman–Crippen LogP) is 3.26. The molecule has 0 aliphatic rings. The van der Waals surface area contributed by atoms with Crippen molar-refractivity contribution in [3.63, 3.8) is 0 Å². The molecule has 12 heavy (non-hydrogen) atoms. The summed E-state index contributed by atoms with van der Waals surface area (Å²) < 4.78 is 0. The third-order valence-corrected chi connectivity index (χ3v) is 2.59. The molecule has 3 heteroatoms. The van der Waals surface area contributed by atoms with Crippen LogP contribution in [0.1, 0.15) is 17.3 Å². The van der Waals surface area contributed by atoms with Crippen LogP contribution in [0.15, 0.2) is 23.1 Å². The molecule has 64 valence electrons. The van der Waals surface area contributed by atoms with Gasteiger partial charge in [0.05, 0.1) is 5.02 Å². The molecule has 1 nitrogen and oxygen atoms in total. The summed E-state index contributed by atoms with van der Waals surface area (Å²) in [5.41, 5.74) is 0.592. The Balaban J connectivity index is 3.12. The van der Waals surface area contributed by atoms with E-state index in [-0.39, 0.29) is 5.78 Å². The lowest BCUT2D eigenvalue weighted by atomic mass is 10.1. The first-order valence-electron chi connectivity index (χ1n) is 3.49. The molecule has 0 N–H and O–H groups in total. The molecule has 0 fully saturated rings. The fourth-order valence-corrected chi connectivity index (χ4v) is 1.73. The Kier molecular flexibility index (Phi) is 3.18. The molecular weight excluding hydrogens is 192 g/mol. The maximum absolute atomic E-state index is 11.0. The van der Waals surface area contributed by atoms with Crippen molar-refractivity contribution in [3.05, 3.63) is 28.8 Å². The zero-order chi connectivity index (χ0) is 9.14. The van der Waals surface area contributed by atoms with E-state index in [1.165, 1.54) is 6.92 Å². The second-order valence-corrected chi connectivity index (χ2v) is 3.69. The van der Waals surface area contributed by atoms with Gasteiger partial charge in [0.25, 0.3) is 0 Å². The molecule has 0 saturated heterocycles. The van der Waals surface area contributed by atoms with Crippen molar-refractivity contribution in [1.82, 2.24) is 0 Å². The van der Waals surface area contributed by atoms with E-state index in [0.29, 0.717) is 10.6 Å². The number of carbonyl (C=O) groups excluding carboxylic acids is 1. The van der Waals surface area contributed by atoms with Gasteiger partial charge in [-0.2, -0.15) is 0 Å². The van der Waals surface area contributed by atoms with Crippen molar-refractivity contribution >= 4 is 29.1 Å². The van der Waals surface area contributed by atoms with Crippen LogP contribution in [0.4, 0.5) is 0 Å². The van der Waals surface area contributed by atoms with E-state index >= 15 is 0 Å². The molecule has 1 aromatic rings. The molecule has 0 aromatic heterocycles. The van der Waals surface area contributed by atoms with Gasteiger partial charge in [-0.15, -0.1) is 11.8 Å². The lowest BCUT2D eigenvalue weighted by molar-refractivity contribution is 0.101. The summed E-state index contributed by atoms with van der Waals surface area (Å²) in [6.45, 7) is 1.51. The summed E-state index contributed by atoms with van der Waals surface area (Å²) in [5, 5.41) is 0.536. The van der Waals surface area contributed by atoms with E-state index in [9.17, 15) is 4.79 Å². The van der Waals surface area contributed by atoms with E-state index in [0.717, 1.165) is 4.90 Å². The first kappa shape index (κ1) is 9.62. The number of carbonyl (C=O) groups is 1. The van der Waals surface area contributed by atoms with Gasteiger partial charge < -0.3 is 0 Å². The summed E-state index contributed by atoms with van der Waals surface area (Å²) in [6, 6.07) is 5.47. The average Bonchev–Trinajstić information content (AvgIpc) is 2.03. The Morgan fingerprint density at radius 1 is 1.50 bits per heavy atom. The van der Waals surface area contributed by atoms with Crippen molar-refractivity contribution in [1.29, 1.82) is 0 Å². The highest BCUT2D eigenvalue weighted by atomic mass is 35.5. The van der Waals surface area contributed by atoms with Crippen LogP contribution in [0.2, 0.25) is 5.02 Å². The summed E-state index contributed by atoms with van der Waals surface area (Å²) in [5.74, 6) is 0.00709. The third-order valence-electron chi connectivity index (χ3n) is 1.56. The van der Waals surface area contributed by atoms with Gasteiger partial charge in [-0.1, -0.05) is 11.6 Å².